The average molecular weight is 278 g/mol. The molecule has 20 heavy (non-hydrogen) atoms. The molecule has 0 saturated carbocycles. The van der Waals surface area contributed by atoms with Gasteiger partial charge < -0.3 is 14.6 Å². The third-order valence-electron chi connectivity index (χ3n) is 3.93. The van der Waals surface area contributed by atoms with Gasteiger partial charge in [-0.15, -0.1) is 0 Å². The molecule has 1 rings (SSSR count). The molecule has 0 bridgehead atoms. The number of methoxy groups -OCH3 is 2. The van der Waals surface area contributed by atoms with Gasteiger partial charge in [-0.2, -0.15) is 0 Å². The van der Waals surface area contributed by atoms with E-state index >= 15 is 0 Å². The lowest BCUT2D eigenvalue weighted by Gasteiger charge is -2.20. The molecule has 0 aromatic heterocycles. The quantitative estimate of drug-likeness (QED) is 0.809. The fourth-order valence-corrected chi connectivity index (χ4v) is 2.62. The zero-order valence-electron chi connectivity index (χ0n) is 13.5. The molecule has 1 N–H and O–H groups in total. The van der Waals surface area contributed by atoms with Gasteiger partial charge in [0.15, 0.2) is 0 Å². The lowest BCUT2D eigenvalue weighted by Crippen LogP contribution is -2.04. The molecule has 112 valence electrons. The molecule has 0 aliphatic carbocycles. The van der Waals surface area contributed by atoms with Gasteiger partial charge in [-0.05, 0) is 57.2 Å². The van der Waals surface area contributed by atoms with E-state index in [1.807, 2.05) is 13.0 Å². The van der Waals surface area contributed by atoms with Crippen LogP contribution < -0.4 is 9.47 Å². The van der Waals surface area contributed by atoms with Crippen LogP contribution in [0.3, 0.4) is 0 Å². The Balaban J connectivity index is 3.23. The highest BCUT2D eigenvalue weighted by Gasteiger charge is 2.18. The molecule has 0 aliphatic rings. The molecular formula is C17H26O3. The first-order chi connectivity index (χ1) is 9.47. The molecule has 0 unspecified atom stereocenters. The van der Waals surface area contributed by atoms with Crippen LogP contribution >= 0.6 is 0 Å². The van der Waals surface area contributed by atoms with E-state index in [1.54, 1.807) is 14.2 Å². The molecule has 0 amide bonds. The van der Waals surface area contributed by atoms with E-state index in [2.05, 4.69) is 20.8 Å². The predicted octanol–water partition coefficient (Wildman–Crippen LogP) is 3.50. The zero-order chi connectivity index (χ0) is 15.3. The Morgan fingerprint density at radius 1 is 1.00 bits per heavy atom. The number of benzene rings is 1. The van der Waals surface area contributed by atoms with Crippen LogP contribution in [0.5, 0.6) is 11.5 Å². The van der Waals surface area contributed by atoms with Crippen LogP contribution in [-0.4, -0.2) is 25.9 Å². The number of hydrogen-bond acceptors (Lipinski definition) is 3. The van der Waals surface area contributed by atoms with E-state index in [0.29, 0.717) is 0 Å². The van der Waals surface area contributed by atoms with Crippen LogP contribution in [0, 0.1) is 20.8 Å². The normalized spacial score (nSPS) is 11.7. The number of aliphatic hydroxyl groups is 1. The molecule has 1 aromatic carbocycles. The van der Waals surface area contributed by atoms with Gasteiger partial charge >= 0.3 is 0 Å². The van der Waals surface area contributed by atoms with Crippen molar-refractivity contribution in [2.45, 2.75) is 40.5 Å². The first-order valence-electron chi connectivity index (χ1n) is 6.95. The van der Waals surface area contributed by atoms with E-state index in [0.717, 1.165) is 41.0 Å². The number of aliphatic hydroxyl groups excluding tert-OH is 1. The van der Waals surface area contributed by atoms with Gasteiger partial charge in [-0.25, -0.2) is 0 Å². The summed E-state index contributed by atoms with van der Waals surface area (Å²) in [5.41, 5.74) is 5.79. The summed E-state index contributed by atoms with van der Waals surface area (Å²) >= 11 is 0. The molecule has 0 heterocycles. The lowest BCUT2D eigenvalue weighted by molar-refractivity contribution is 0.341. The fourth-order valence-electron chi connectivity index (χ4n) is 2.62. The van der Waals surface area contributed by atoms with Crippen LogP contribution in [0.25, 0.3) is 0 Å². The minimum absolute atomic E-state index is 0.0954. The Bertz CT molecular complexity index is 502. The van der Waals surface area contributed by atoms with Crippen molar-refractivity contribution in [3.05, 3.63) is 33.9 Å². The molecule has 1 aromatic rings. The van der Waals surface area contributed by atoms with Crippen LogP contribution in [0.4, 0.5) is 0 Å². The van der Waals surface area contributed by atoms with Crippen molar-refractivity contribution in [2.75, 3.05) is 20.8 Å². The van der Waals surface area contributed by atoms with Gasteiger partial charge in [0.1, 0.15) is 11.5 Å². The summed E-state index contributed by atoms with van der Waals surface area (Å²) in [7, 11) is 3.43. The largest absolute Gasteiger partial charge is 0.496 e. The summed E-state index contributed by atoms with van der Waals surface area (Å²) in [6, 6.07) is 0. The highest BCUT2D eigenvalue weighted by Crippen LogP contribution is 2.38. The van der Waals surface area contributed by atoms with Crippen molar-refractivity contribution in [1.82, 2.24) is 0 Å². The smallest absolute Gasteiger partial charge is 0.125 e. The number of allylic oxidation sites excluding steroid dienone is 1. The van der Waals surface area contributed by atoms with Crippen LogP contribution in [0.1, 0.15) is 35.6 Å². The topological polar surface area (TPSA) is 38.7 Å². The standard InChI is InChI=1S/C17H26O3/c1-11(9-10-18)7-8-15-14(4)16(19-5)12(2)13(3)17(15)20-6/h9,18H,7-8,10H2,1-6H3. The molecule has 3 nitrogen and oxygen atoms in total. The molecular weight excluding hydrogens is 252 g/mol. The first-order valence-corrected chi connectivity index (χ1v) is 6.95. The Hall–Kier alpha value is -1.48. The summed E-state index contributed by atoms with van der Waals surface area (Å²) in [5, 5.41) is 8.93. The zero-order valence-corrected chi connectivity index (χ0v) is 13.5. The molecule has 0 fully saturated rings. The molecule has 0 spiro atoms. The second-order valence-corrected chi connectivity index (χ2v) is 5.15. The summed E-state index contributed by atoms with van der Waals surface area (Å²) in [6.07, 6.45) is 3.64. The van der Waals surface area contributed by atoms with Crippen LogP contribution in [-0.2, 0) is 6.42 Å². The molecule has 0 saturated heterocycles. The fraction of sp³-hybridized carbons (Fsp3) is 0.529. The minimum atomic E-state index is 0.0954. The number of hydrogen-bond donors (Lipinski definition) is 1. The monoisotopic (exact) mass is 278 g/mol. The van der Waals surface area contributed by atoms with Crippen molar-refractivity contribution in [2.24, 2.45) is 0 Å². The van der Waals surface area contributed by atoms with Crippen molar-refractivity contribution in [3.63, 3.8) is 0 Å². The van der Waals surface area contributed by atoms with Gasteiger partial charge in [-0.3, -0.25) is 0 Å². The summed E-state index contributed by atoms with van der Waals surface area (Å²) in [5.74, 6) is 1.90. The van der Waals surface area contributed by atoms with E-state index in [4.69, 9.17) is 14.6 Å². The van der Waals surface area contributed by atoms with E-state index in [-0.39, 0.29) is 6.61 Å². The van der Waals surface area contributed by atoms with Crippen LogP contribution in [0.2, 0.25) is 0 Å². The third-order valence-corrected chi connectivity index (χ3v) is 3.93. The summed E-state index contributed by atoms with van der Waals surface area (Å²) < 4.78 is 11.1. The Kier molecular flexibility index (Phi) is 6.08. The van der Waals surface area contributed by atoms with Gasteiger partial charge in [-0.1, -0.05) is 11.6 Å². The maximum absolute atomic E-state index is 8.93. The highest BCUT2D eigenvalue weighted by atomic mass is 16.5. The first kappa shape index (κ1) is 16.6. The summed E-state index contributed by atoms with van der Waals surface area (Å²) in [6.45, 7) is 8.34. The Labute approximate surface area is 122 Å². The van der Waals surface area contributed by atoms with Crippen molar-refractivity contribution in [1.29, 1.82) is 0 Å². The third kappa shape index (κ3) is 3.34. The Morgan fingerprint density at radius 3 is 2.05 bits per heavy atom. The summed E-state index contributed by atoms with van der Waals surface area (Å²) in [4.78, 5) is 0. The predicted molar refractivity (Wildman–Crippen MR) is 82.9 cm³/mol. The van der Waals surface area contributed by atoms with E-state index < -0.39 is 0 Å². The second kappa shape index (κ2) is 7.34. The highest BCUT2D eigenvalue weighted by molar-refractivity contribution is 5.58. The number of ether oxygens (including phenoxy) is 2. The molecule has 0 aliphatic heterocycles. The van der Waals surface area contributed by atoms with Gasteiger partial charge in [0, 0.05) is 5.56 Å². The van der Waals surface area contributed by atoms with E-state index in [9.17, 15) is 0 Å². The lowest BCUT2D eigenvalue weighted by atomic mass is 9.93. The minimum Gasteiger partial charge on any atom is -0.496 e. The van der Waals surface area contributed by atoms with Crippen molar-refractivity contribution in [3.8, 4) is 11.5 Å². The van der Waals surface area contributed by atoms with Crippen molar-refractivity contribution < 1.29 is 14.6 Å². The average Bonchev–Trinajstić information content (AvgIpc) is 2.42. The van der Waals surface area contributed by atoms with Crippen molar-refractivity contribution >= 4 is 0 Å². The van der Waals surface area contributed by atoms with E-state index in [1.165, 1.54) is 11.1 Å². The van der Waals surface area contributed by atoms with Gasteiger partial charge in [0.25, 0.3) is 0 Å². The van der Waals surface area contributed by atoms with Gasteiger partial charge in [0.05, 0.1) is 20.8 Å². The SMILES string of the molecule is COc1c(C)c(C)c(OC)c(CCC(C)=CCO)c1C. The molecule has 3 heteroatoms. The number of rotatable bonds is 6. The van der Waals surface area contributed by atoms with Crippen LogP contribution in [0.15, 0.2) is 11.6 Å². The molecule has 0 atom stereocenters. The molecule has 0 radical (unpaired) electrons. The second-order valence-electron chi connectivity index (χ2n) is 5.15. The van der Waals surface area contributed by atoms with Gasteiger partial charge in [0.2, 0.25) is 0 Å². The maximum atomic E-state index is 8.93. The maximum Gasteiger partial charge on any atom is 0.125 e. The Morgan fingerprint density at radius 2 is 1.55 bits per heavy atom.